The van der Waals surface area contributed by atoms with Gasteiger partial charge in [0.1, 0.15) is 0 Å². The van der Waals surface area contributed by atoms with Crippen LogP contribution in [-0.2, 0) is 19.2 Å². The van der Waals surface area contributed by atoms with Gasteiger partial charge in [-0.25, -0.2) is 0 Å². The average molecular weight is 357 g/mol. The zero-order valence-corrected chi connectivity index (χ0v) is 15.3. The Bertz CT molecular complexity index is 445. The summed E-state index contributed by atoms with van der Waals surface area (Å²) < 4.78 is 2.04. The molecule has 112 valence electrons. The molecule has 0 saturated heterocycles. The van der Waals surface area contributed by atoms with Crippen molar-refractivity contribution in [2.24, 2.45) is 11.8 Å². The maximum absolute atomic E-state index is 2.47. The molecule has 0 N–H and O–H groups in total. The van der Waals surface area contributed by atoms with Gasteiger partial charge in [-0.3, -0.25) is 0 Å². The Hall–Kier alpha value is 0.254. The van der Waals surface area contributed by atoms with Crippen LogP contribution in [-0.4, -0.2) is 0 Å². The van der Waals surface area contributed by atoms with Crippen molar-refractivity contribution in [3.63, 3.8) is 0 Å². The molecule has 0 spiro atoms. The average Bonchev–Trinajstić information content (AvgIpc) is 3.05. The molecule has 0 aromatic carbocycles. The molecule has 0 bridgehead atoms. The zero-order valence-electron chi connectivity index (χ0n) is 12.3. The minimum absolute atomic E-state index is 0. The van der Waals surface area contributed by atoms with E-state index in [0.29, 0.717) is 0 Å². The number of allylic oxidation sites excluding steroid dienone is 8. The van der Waals surface area contributed by atoms with Crippen molar-refractivity contribution in [2.75, 3.05) is 0 Å². The van der Waals surface area contributed by atoms with Gasteiger partial charge in [-0.2, -0.15) is 0 Å². The van der Waals surface area contributed by atoms with Gasteiger partial charge in [0.2, 0.25) is 0 Å². The van der Waals surface area contributed by atoms with Crippen LogP contribution in [0.15, 0.2) is 47.6 Å². The molecule has 3 heteroatoms. The fourth-order valence-corrected chi connectivity index (χ4v) is 7.87. The molecule has 4 unspecified atom stereocenters. The molecule has 4 aliphatic rings. The second-order valence-electron chi connectivity index (χ2n) is 6.48. The first-order valence-corrected chi connectivity index (χ1v) is 9.71. The molecule has 0 amide bonds. The van der Waals surface area contributed by atoms with Crippen LogP contribution in [0.2, 0.25) is 8.45 Å². The van der Waals surface area contributed by atoms with Crippen LogP contribution in [0.3, 0.4) is 0 Å². The van der Waals surface area contributed by atoms with Gasteiger partial charge in [-0.05, 0) is 0 Å². The van der Waals surface area contributed by atoms with E-state index < -0.39 is 0 Å². The zero-order chi connectivity index (χ0) is 12.7. The van der Waals surface area contributed by atoms with Crippen molar-refractivity contribution in [3.05, 3.63) is 47.6 Å². The molecule has 21 heavy (non-hydrogen) atoms. The maximum Gasteiger partial charge on any atom is -1.00 e. The van der Waals surface area contributed by atoms with Gasteiger partial charge in [0.25, 0.3) is 0 Å². The minimum atomic E-state index is 0. The molecular formula is C18H22Cl2Ti. The van der Waals surface area contributed by atoms with Gasteiger partial charge in [-0.1, -0.05) is 0 Å². The van der Waals surface area contributed by atoms with Gasteiger partial charge in [0.05, 0.1) is 0 Å². The molecule has 0 heterocycles. The SMILES string of the molecule is C1=CCC2CC[CH]([Ti+2][CH]3CCC4CC=CC=C43)C2=C1.[Cl-].[Cl-]. The van der Waals surface area contributed by atoms with Gasteiger partial charge in [-0.15, -0.1) is 0 Å². The molecule has 0 aromatic heterocycles. The van der Waals surface area contributed by atoms with E-state index >= 15 is 0 Å². The van der Waals surface area contributed by atoms with Crippen molar-refractivity contribution in [1.82, 2.24) is 0 Å². The van der Waals surface area contributed by atoms with Crippen molar-refractivity contribution >= 4 is 0 Å². The predicted octanol–water partition coefficient (Wildman–Crippen LogP) is -0.753. The maximum atomic E-state index is 2.47. The molecular weight excluding hydrogens is 335 g/mol. The van der Waals surface area contributed by atoms with E-state index in [1.54, 1.807) is 0 Å². The summed E-state index contributed by atoms with van der Waals surface area (Å²) in [6, 6.07) is 0. The van der Waals surface area contributed by atoms with E-state index in [-0.39, 0.29) is 44.0 Å². The molecule has 4 rings (SSSR count). The summed E-state index contributed by atoms with van der Waals surface area (Å²) in [7, 11) is 0. The quantitative estimate of drug-likeness (QED) is 0.571. The summed E-state index contributed by atoms with van der Waals surface area (Å²) >= 11 is 0.169. The Morgan fingerprint density at radius 1 is 0.714 bits per heavy atom. The largest absolute Gasteiger partial charge is 1.00 e. The standard InChI is InChI=1S/2C9H11.2ClH.Ti/c2*1-2-5-9-7-3-6-8(9)4-1;;;/h2*1-2,4,6,9H,3,5,7H2;2*1H;/q;;;;+2/p-2. The topological polar surface area (TPSA) is 0 Å². The van der Waals surface area contributed by atoms with Crippen molar-refractivity contribution in [3.8, 4) is 0 Å². The number of fused-ring (bicyclic) bond motifs is 2. The van der Waals surface area contributed by atoms with Crippen LogP contribution < -0.4 is 24.8 Å². The third-order valence-electron chi connectivity index (χ3n) is 5.45. The first kappa shape index (κ1) is 17.6. The Labute approximate surface area is 150 Å². The van der Waals surface area contributed by atoms with Crippen LogP contribution in [0.25, 0.3) is 0 Å². The Kier molecular flexibility index (Phi) is 6.44. The Morgan fingerprint density at radius 2 is 1.19 bits per heavy atom. The van der Waals surface area contributed by atoms with E-state index in [1.165, 1.54) is 38.5 Å². The molecule has 0 aromatic rings. The number of halogens is 2. The predicted molar refractivity (Wildman–Crippen MR) is 76.6 cm³/mol. The summed E-state index contributed by atoms with van der Waals surface area (Å²) in [6.07, 6.45) is 22.9. The Balaban J connectivity index is 0.000000807. The van der Waals surface area contributed by atoms with Crippen molar-refractivity contribution in [2.45, 2.75) is 47.0 Å². The fourth-order valence-electron chi connectivity index (χ4n) is 4.43. The molecule has 2 saturated carbocycles. The summed E-state index contributed by atoms with van der Waals surface area (Å²) in [5.74, 6) is 1.85. The Morgan fingerprint density at radius 3 is 1.67 bits per heavy atom. The van der Waals surface area contributed by atoms with E-state index in [0.717, 1.165) is 20.3 Å². The smallest absolute Gasteiger partial charge is 1.00 e. The van der Waals surface area contributed by atoms with Gasteiger partial charge < -0.3 is 24.8 Å². The van der Waals surface area contributed by atoms with Crippen LogP contribution >= 0.6 is 0 Å². The van der Waals surface area contributed by atoms with E-state index in [1.807, 2.05) is 11.1 Å². The minimum Gasteiger partial charge on any atom is -1.00 e. The number of hydrogen-bond donors (Lipinski definition) is 0. The summed E-state index contributed by atoms with van der Waals surface area (Å²) in [5, 5.41) is 0. The van der Waals surface area contributed by atoms with E-state index in [4.69, 9.17) is 0 Å². The van der Waals surface area contributed by atoms with E-state index in [9.17, 15) is 0 Å². The van der Waals surface area contributed by atoms with E-state index in [2.05, 4.69) is 36.5 Å². The third-order valence-corrected chi connectivity index (χ3v) is 8.65. The number of hydrogen-bond acceptors (Lipinski definition) is 0. The molecule has 0 aliphatic heterocycles. The molecule has 0 radical (unpaired) electrons. The second-order valence-corrected chi connectivity index (χ2v) is 9.18. The third kappa shape index (κ3) is 3.45. The first-order valence-electron chi connectivity index (χ1n) is 7.91. The van der Waals surface area contributed by atoms with Gasteiger partial charge in [0.15, 0.2) is 0 Å². The van der Waals surface area contributed by atoms with Crippen molar-refractivity contribution < 1.29 is 44.0 Å². The van der Waals surface area contributed by atoms with Crippen LogP contribution in [0.1, 0.15) is 38.5 Å². The van der Waals surface area contributed by atoms with Crippen molar-refractivity contribution in [1.29, 1.82) is 0 Å². The van der Waals surface area contributed by atoms with Crippen LogP contribution in [0, 0.1) is 11.8 Å². The molecule has 4 atom stereocenters. The summed E-state index contributed by atoms with van der Waals surface area (Å²) in [6.45, 7) is 0. The summed E-state index contributed by atoms with van der Waals surface area (Å²) in [4.78, 5) is 0. The second kappa shape index (κ2) is 7.69. The van der Waals surface area contributed by atoms with Gasteiger partial charge >= 0.3 is 126 Å². The monoisotopic (exact) mass is 356 g/mol. The molecule has 4 aliphatic carbocycles. The number of rotatable bonds is 2. The van der Waals surface area contributed by atoms with Crippen LogP contribution in [0.4, 0.5) is 0 Å². The van der Waals surface area contributed by atoms with Gasteiger partial charge in [0, 0.05) is 0 Å². The van der Waals surface area contributed by atoms with Crippen LogP contribution in [0.5, 0.6) is 0 Å². The fraction of sp³-hybridized carbons (Fsp3) is 0.556. The molecule has 0 nitrogen and oxygen atoms in total. The molecule has 2 fully saturated rings. The normalized spacial score (nSPS) is 35.6. The first-order chi connectivity index (χ1) is 9.42. The summed E-state index contributed by atoms with van der Waals surface area (Å²) in [5.41, 5.74) is 3.69.